The molecule has 0 bridgehead atoms. The van der Waals surface area contributed by atoms with Crippen LogP contribution in [-0.4, -0.2) is 14.8 Å². The van der Waals surface area contributed by atoms with Crippen molar-refractivity contribution in [1.29, 1.82) is 0 Å². The number of benzene rings is 1. The lowest BCUT2D eigenvalue weighted by Crippen LogP contribution is -1.97. The van der Waals surface area contributed by atoms with Crippen LogP contribution in [0.4, 0.5) is 0 Å². The minimum absolute atomic E-state index is 0.256. The molecule has 0 N–H and O–H groups in total. The van der Waals surface area contributed by atoms with Gasteiger partial charge in [0, 0.05) is 10.9 Å². The van der Waals surface area contributed by atoms with E-state index in [2.05, 4.69) is 10.1 Å². The van der Waals surface area contributed by atoms with Crippen molar-refractivity contribution >= 4 is 23.2 Å². The Balaban J connectivity index is 2.44. The zero-order chi connectivity index (χ0) is 11.7. The van der Waals surface area contributed by atoms with Crippen LogP contribution in [0.1, 0.15) is 25.6 Å². The Bertz CT molecular complexity index is 488. The highest BCUT2D eigenvalue weighted by molar-refractivity contribution is 6.30. The lowest BCUT2D eigenvalue weighted by atomic mass is 10.2. The van der Waals surface area contributed by atoms with Crippen LogP contribution in [0.3, 0.4) is 0 Å². The van der Waals surface area contributed by atoms with Gasteiger partial charge in [-0.1, -0.05) is 25.4 Å². The number of hydrogen-bond acceptors (Lipinski definition) is 2. The smallest absolute Gasteiger partial charge is 0.203 e. The quantitative estimate of drug-likeness (QED) is 0.820. The monoisotopic (exact) mass is 255 g/mol. The average Bonchev–Trinajstić information content (AvgIpc) is 2.62. The van der Waals surface area contributed by atoms with Crippen LogP contribution in [0.5, 0.6) is 0 Å². The van der Waals surface area contributed by atoms with E-state index in [4.69, 9.17) is 23.2 Å². The van der Waals surface area contributed by atoms with Gasteiger partial charge in [0.15, 0.2) is 5.82 Å². The molecule has 0 saturated carbocycles. The van der Waals surface area contributed by atoms with Gasteiger partial charge in [-0.15, -0.1) is 5.10 Å². The molecular formula is C11H11Cl2N3. The maximum atomic E-state index is 6.02. The molecule has 0 saturated heterocycles. The molecule has 5 heteroatoms. The Morgan fingerprint density at radius 3 is 2.25 bits per heavy atom. The van der Waals surface area contributed by atoms with E-state index in [1.807, 2.05) is 26.0 Å². The first kappa shape index (κ1) is 11.4. The van der Waals surface area contributed by atoms with Crippen molar-refractivity contribution < 1.29 is 0 Å². The number of hydrogen-bond donors (Lipinski definition) is 0. The van der Waals surface area contributed by atoms with Gasteiger partial charge < -0.3 is 0 Å². The normalized spacial score (nSPS) is 11.1. The van der Waals surface area contributed by atoms with Gasteiger partial charge in [0.05, 0.1) is 5.69 Å². The Labute approximate surface area is 104 Å². The second kappa shape index (κ2) is 4.44. The predicted octanol–water partition coefficient (Wildman–Crippen LogP) is 3.70. The van der Waals surface area contributed by atoms with Gasteiger partial charge in [-0.3, -0.25) is 0 Å². The molecule has 1 aromatic heterocycles. The Morgan fingerprint density at radius 2 is 1.75 bits per heavy atom. The first-order valence-corrected chi connectivity index (χ1v) is 5.72. The summed E-state index contributed by atoms with van der Waals surface area (Å²) in [5, 5.41) is 5.39. The van der Waals surface area contributed by atoms with Crippen molar-refractivity contribution in [2.75, 3.05) is 0 Å². The van der Waals surface area contributed by atoms with Crippen molar-refractivity contribution in [2.24, 2.45) is 0 Å². The van der Waals surface area contributed by atoms with E-state index in [1.165, 1.54) is 0 Å². The van der Waals surface area contributed by atoms with Gasteiger partial charge >= 0.3 is 0 Å². The van der Waals surface area contributed by atoms with Crippen LogP contribution < -0.4 is 0 Å². The summed E-state index contributed by atoms with van der Waals surface area (Å²) in [5.74, 6) is 0.992. The molecule has 0 radical (unpaired) electrons. The van der Waals surface area contributed by atoms with Crippen LogP contribution in [0.15, 0.2) is 24.3 Å². The highest BCUT2D eigenvalue weighted by Crippen LogP contribution is 2.19. The predicted molar refractivity (Wildman–Crippen MR) is 65.5 cm³/mol. The molecule has 3 nitrogen and oxygen atoms in total. The first-order chi connectivity index (χ1) is 7.58. The van der Waals surface area contributed by atoms with Gasteiger partial charge in [-0.05, 0) is 35.9 Å². The standard InChI is InChI=1S/C11H11Cl2N3/c1-7(2)10-14-11(13)16(15-10)9-5-3-8(12)4-6-9/h3-7H,1-2H3. The molecule has 2 aromatic rings. The third-order valence-electron chi connectivity index (χ3n) is 2.17. The summed E-state index contributed by atoms with van der Waals surface area (Å²) in [7, 11) is 0. The van der Waals surface area contributed by atoms with E-state index < -0.39 is 0 Å². The molecule has 0 aliphatic rings. The summed E-state index contributed by atoms with van der Waals surface area (Å²) in [6.45, 7) is 4.05. The van der Waals surface area contributed by atoms with Gasteiger partial charge in [0.1, 0.15) is 0 Å². The summed E-state index contributed by atoms with van der Waals surface area (Å²) in [6, 6.07) is 7.30. The average molecular weight is 256 g/mol. The fraction of sp³-hybridized carbons (Fsp3) is 0.273. The number of nitrogens with zero attached hydrogens (tertiary/aromatic N) is 3. The van der Waals surface area contributed by atoms with Crippen molar-refractivity contribution in [1.82, 2.24) is 14.8 Å². The molecule has 0 spiro atoms. The van der Waals surface area contributed by atoms with E-state index in [0.29, 0.717) is 10.3 Å². The summed E-state index contributed by atoms with van der Waals surface area (Å²) in [4.78, 5) is 4.19. The zero-order valence-electron chi connectivity index (χ0n) is 8.98. The SMILES string of the molecule is CC(C)c1nc(Cl)n(-c2ccc(Cl)cc2)n1. The molecule has 84 valence electrons. The van der Waals surface area contributed by atoms with Crippen LogP contribution in [0.25, 0.3) is 5.69 Å². The van der Waals surface area contributed by atoms with E-state index in [0.717, 1.165) is 11.5 Å². The molecular weight excluding hydrogens is 245 g/mol. The highest BCUT2D eigenvalue weighted by Gasteiger charge is 2.11. The minimum Gasteiger partial charge on any atom is -0.203 e. The van der Waals surface area contributed by atoms with Gasteiger partial charge in [0.2, 0.25) is 5.28 Å². The van der Waals surface area contributed by atoms with Gasteiger partial charge in [0.25, 0.3) is 0 Å². The number of halogens is 2. The molecule has 0 amide bonds. The number of rotatable bonds is 2. The molecule has 16 heavy (non-hydrogen) atoms. The molecule has 0 unspecified atom stereocenters. The van der Waals surface area contributed by atoms with Crippen LogP contribution >= 0.6 is 23.2 Å². The van der Waals surface area contributed by atoms with Crippen molar-refractivity contribution in [3.63, 3.8) is 0 Å². The Hall–Kier alpha value is -1.06. The minimum atomic E-state index is 0.256. The summed E-state index contributed by atoms with van der Waals surface area (Å²) in [5.41, 5.74) is 0.855. The topological polar surface area (TPSA) is 30.7 Å². The highest BCUT2D eigenvalue weighted by atomic mass is 35.5. The second-order valence-electron chi connectivity index (χ2n) is 3.78. The molecule has 2 rings (SSSR count). The van der Waals surface area contributed by atoms with Crippen LogP contribution in [0, 0.1) is 0 Å². The van der Waals surface area contributed by atoms with Crippen LogP contribution in [0.2, 0.25) is 10.3 Å². The maximum absolute atomic E-state index is 6.02. The van der Waals surface area contributed by atoms with Crippen LogP contribution in [-0.2, 0) is 0 Å². The Morgan fingerprint density at radius 1 is 1.12 bits per heavy atom. The van der Waals surface area contributed by atoms with Gasteiger partial charge in [-0.2, -0.15) is 0 Å². The second-order valence-corrected chi connectivity index (χ2v) is 4.56. The lowest BCUT2D eigenvalue weighted by Gasteiger charge is -2.01. The Kier molecular flexibility index (Phi) is 3.17. The fourth-order valence-corrected chi connectivity index (χ4v) is 1.65. The third kappa shape index (κ3) is 2.20. The fourth-order valence-electron chi connectivity index (χ4n) is 1.30. The summed E-state index contributed by atoms with van der Waals surface area (Å²) < 4.78 is 1.60. The van der Waals surface area contributed by atoms with E-state index >= 15 is 0 Å². The number of aromatic nitrogens is 3. The molecule has 0 atom stereocenters. The van der Waals surface area contributed by atoms with Crippen molar-refractivity contribution in [3.05, 3.63) is 40.4 Å². The van der Waals surface area contributed by atoms with E-state index in [-0.39, 0.29) is 5.92 Å². The van der Waals surface area contributed by atoms with E-state index in [1.54, 1.807) is 16.8 Å². The summed E-state index contributed by atoms with van der Waals surface area (Å²) >= 11 is 11.8. The first-order valence-electron chi connectivity index (χ1n) is 4.96. The van der Waals surface area contributed by atoms with Crippen molar-refractivity contribution in [3.8, 4) is 5.69 Å². The largest absolute Gasteiger partial charge is 0.225 e. The molecule has 0 fully saturated rings. The van der Waals surface area contributed by atoms with Crippen molar-refractivity contribution in [2.45, 2.75) is 19.8 Å². The lowest BCUT2D eigenvalue weighted by molar-refractivity contribution is 0.754. The molecule has 0 aliphatic carbocycles. The third-order valence-corrected chi connectivity index (χ3v) is 2.67. The molecule has 1 heterocycles. The van der Waals surface area contributed by atoms with E-state index in [9.17, 15) is 0 Å². The molecule has 0 aliphatic heterocycles. The van der Waals surface area contributed by atoms with Gasteiger partial charge in [-0.25, -0.2) is 9.67 Å². The maximum Gasteiger partial charge on any atom is 0.225 e. The zero-order valence-corrected chi connectivity index (χ0v) is 10.5. The summed E-state index contributed by atoms with van der Waals surface area (Å²) in [6.07, 6.45) is 0. The molecule has 1 aromatic carbocycles.